The molecule has 2 N–H and O–H groups in total. The predicted molar refractivity (Wildman–Crippen MR) is 77.7 cm³/mol. The summed E-state index contributed by atoms with van der Waals surface area (Å²) in [4.78, 5) is 8.36. The lowest BCUT2D eigenvalue weighted by Crippen LogP contribution is -2.00. The number of hydrogen-bond acceptors (Lipinski definition) is 4. The molecule has 1 aromatic carbocycles. The molecule has 0 spiro atoms. The van der Waals surface area contributed by atoms with Gasteiger partial charge in [-0.1, -0.05) is 22.9 Å². The van der Waals surface area contributed by atoms with Crippen LogP contribution in [0.25, 0.3) is 0 Å². The van der Waals surface area contributed by atoms with Crippen molar-refractivity contribution in [3.05, 3.63) is 39.0 Å². The summed E-state index contributed by atoms with van der Waals surface area (Å²) in [7, 11) is 0. The highest BCUT2D eigenvalue weighted by Gasteiger charge is 2.07. The molecule has 1 heterocycles. The van der Waals surface area contributed by atoms with Crippen molar-refractivity contribution in [2.24, 2.45) is 0 Å². The Morgan fingerprint density at radius 2 is 2.00 bits per heavy atom. The minimum absolute atomic E-state index is 0.407. The van der Waals surface area contributed by atoms with Gasteiger partial charge in [0.25, 0.3) is 0 Å². The quantitative estimate of drug-likeness (QED) is 0.886. The molecule has 0 aliphatic heterocycles. The Bertz CT molecular complexity index is 575. The third kappa shape index (κ3) is 3.20. The molecule has 0 fully saturated rings. The third-order valence-electron chi connectivity index (χ3n) is 2.19. The first-order chi connectivity index (χ1) is 8.58. The van der Waals surface area contributed by atoms with Crippen molar-refractivity contribution in [3.63, 3.8) is 0 Å². The van der Waals surface area contributed by atoms with E-state index in [0.29, 0.717) is 29.7 Å². The van der Waals surface area contributed by atoms with Gasteiger partial charge in [-0.25, -0.2) is 4.98 Å². The van der Waals surface area contributed by atoms with E-state index in [2.05, 4.69) is 41.8 Å². The number of rotatable bonds is 3. The highest BCUT2D eigenvalue weighted by Crippen LogP contribution is 2.31. The van der Waals surface area contributed by atoms with E-state index in [0.717, 1.165) is 8.95 Å². The van der Waals surface area contributed by atoms with E-state index in [9.17, 15) is 0 Å². The Labute approximate surface area is 122 Å². The van der Waals surface area contributed by atoms with Gasteiger partial charge in [0.1, 0.15) is 17.4 Å². The lowest BCUT2D eigenvalue weighted by Gasteiger charge is -2.08. The second-order valence-corrected chi connectivity index (χ2v) is 5.35. The Hall–Kier alpha value is -1.14. The zero-order chi connectivity index (χ0) is 13.1. The van der Waals surface area contributed by atoms with E-state index in [1.807, 2.05) is 25.1 Å². The smallest absolute Gasteiger partial charge is 0.224 e. The fourth-order valence-electron chi connectivity index (χ4n) is 1.37. The number of benzene rings is 1. The summed E-state index contributed by atoms with van der Waals surface area (Å²) in [6, 6.07) is 7.25. The average Bonchev–Trinajstić information content (AvgIpc) is 2.32. The Morgan fingerprint density at radius 1 is 1.22 bits per heavy atom. The van der Waals surface area contributed by atoms with E-state index in [-0.39, 0.29) is 0 Å². The zero-order valence-electron chi connectivity index (χ0n) is 9.65. The maximum atomic E-state index is 5.70. The average molecular weight is 373 g/mol. The summed E-state index contributed by atoms with van der Waals surface area (Å²) in [5.41, 5.74) is 5.70. The van der Waals surface area contributed by atoms with Crippen LogP contribution >= 0.6 is 31.9 Å². The summed E-state index contributed by atoms with van der Waals surface area (Å²) >= 11 is 6.81. The van der Waals surface area contributed by atoms with Crippen molar-refractivity contribution >= 4 is 37.7 Å². The van der Waals surface area contributed by atoms with E-state index in [1.165, 1.54) is 0 Å². The number of nitrogens with two attached hydrogens (primary N) is 1. The Balaban J connectivity index is 2.30. The Kier molecular flexibility index (Phi) is 4.19. The van der Waals surface area contributed by atoms with Crippen molar-refractivity contribution < 1.29 is 4.74 Å². The molecule has 0 saturated heterocycles. The molecule has 4 nitrogen and oxygen atoms in total. The molecule has 0 atom stereocenters. The van der Waals surface area contributed by atoms with Crippen LogP contribution in [0.3, 0.4) is 0 Å². The normalized spacial score (nSPS) is 10.4. The lowest BCUT2D eigenvalue weighted by molar-refractivity contribution is 0.456. The van der Waals surface area contributed by atoms with Gasteiger partial charge in [0.15, 0.2) is 0 Å². The number of halogens is 2. The largest absolute Gasteiger partial charge is 0.438 e. The first-order valence-electron chi connectivity index (χ1n) is 5.35. The van der Waals surface area contributed by atoms with Gasteiger partial charge in [-0.2, -0.15) is 4.98 Å². The summed E-state index contributed by atoms with van der Waals surface area (Å²) in [5.74, 6) is 2.20. The summed E-state index contributed by atoms with van der Waals surface area (Å²) in [6.45, 7) is 1.97. The van der Waals surface area contributed by atoms with Gasteiger partial charge in [-0.05, 0) is 34.1 Å². The molecule has 0 bridgehead atoms. The van der Waals surface area contributed by atoms with Gasteiger partial charge < -0.3 is 10.5 Å². The molecular weight excluding hydrogens is 362 g/mol. The van der Waals surface area contributed by atoms with E-state index in [4.69, 9.17) is 10.5 Å². The molecule has 18 heavy (non-hydrogen) atoms. The van der Waals surface area contributed by atoms with Crippen LogP contribution in [-0.2, 0) is 6.42 Å². The van der Waals surface area contributed by atoms with Crippen LogP contribution in [-0.4, -0.2) is 9.97 Å². The van der Waals surface area contributed by atoms with Gasteiger partial charge in [-0.3, -0.25) is 0 Å². The molecule has 0 saturated carbocycles. The van der Waals surface area contributed by atoms with Gasteiger partial charge in [0.2, 0.25) is 5.88 Å². The lowest BCUT2D eigenvalue weighted by atomic mass is 10.3. The first kappa shape index (κ1) is 13.3. The molecule has 1 aromatic heterocycles. The van der Waals surface area contributed by atoms with Crippen molar-refractivity contribution in [1.29, 1.82) is 0 Å². The zero-order valence-corrected chi connectivity index (χ0v) is 12.8. The van der Waals surface area contributed by atoms with Crippen molar-refractivity contribution in [2.75, 3.05) is 5.73 Å². The van der Waals surface area contributed by atoms with Crippen LogP contribution in [0, 0.1) is 0 Å². The van der Waals surface area contributed by atoms with Gasteiger partial charge in [-0.15, -0.1) is 0 Å². The highest BCUT2D eigenvalue weighted by molar-refractivity contribution is 9.11. The molecule has 0 radical (unpaired) electrons. The number of nitrogens with zero attached hydrogens (tertiary/aromatic N) is 2. The van der Waals surface area contributed by atoms with Crippen molar-refractivity contribution in [1.82, 2.24) is 9.97 Å². The molecule has 0 unspecified atom stereocenters. The summed E-state index contributed by atoms with van der Waals surface area (Å²) in [5, 5.41) is 0. The minimum atomic E-state index is 0.407. The van der Waals surface area contributed by atoms with Crippen LogP contribution in [0.4, 0.5) is 5.82 Å². The number of anilines is 1. The molecular formula is C12H11Br2N3O. The van der Waals surface area contributed by atoms with Crippen LogP contribution in [0.2, 0.25) is 0 Å². The van der Waals surface area contributed by atoms with Crippen molar-refractivity contribution in [2.45, 2.75) is 13.3 Å². The van der Waals surface area contributed by atoms with E-state index in [1.54, 1.807) is 6.07 Å². The third-order valence-corrected chi connectivity index (χ3v) is 3.31. The monoisotopic (exact) mass is 371 g/mol. The predicted octanol–water partition coefficient (Wildman–Crippen LogP) is 3.94. The number of aromatic nitrogens is 2. The van der Waals surface area contributed by atoms with Crippen LogP contribution in [0.15, 0.2) is 33.2 Å². The maximum absolute atomic E-state index is 5.70. The van der Waals surface area contributed by atoms with Gasteiger partial charge in [0, 0.05) is 17.0 Å². The Morgan fingerprint density at radius 3 is 2.67 bits per heavy atom. The molecule has 2 aromatic rings. The SMILES string of the molecule is CCc1nc(N)cc(Oc2ccc(Br)cc2Br)n1. The second kappa shape index (κ2) is 5.67. The molecule has 2 rings (SSSR count). The topological polar surface area (TPSA) is 61.0 Å². The second-order valence-electron chi connectivity index (χ2n) is 3.58. The molecule has 0 amide bonds. The number of nitrogen functional groups attached to an aromatic ring is 1. The first-order valence-corrected chi connectivity index (χ1v) is 6.93. The van der Waals surface area contributed by atoms with Gasteiger partial charge >= 0.3 is 0 Å². The fraction of sp³-hybridized carbons (Fsp3) is 0.167. The highest BCUT2D eigenvalue weighted by atomic mass is 79.9. The van der Waals surface area contributed by atoms with Crippen molar-refractivity contribution in [3.8, 4) is 11.6 Å². The standard InChI is InChI=1S/C12H11Br2N3O/c1-2-11-16-10(15)6-12(17-11)18-9-4-3-7(13)5-8(9)14/h3-6H,2H2,1H3,(H2,15,16,17). The number of hydrogen-bond donors (Lipinski definition) is 1. The number of aryl methyl sites for hydroxylation is 1. The van der Waals surface area contributed by atoms with E-state index >= 15 is 0 Å². The fourth-order valence-corrected chi connectivity index (χ4v) is 2.50. The summed E-state index contributed by atoms with van der Waals surface area (Å²) in [6.07, 6.45) is 0.711. The molecule has 94 valence electrons. The van der Waals surface area contributed by atoms with Gasteiger partial charge in [0.05, 0.1) is 4.47 Å². The molecule has 0 aliphatic carbocycles. The van der Waals surface area contributed by atoms with E-state index < -0.39 is 0 Å². The number of ether oxygens (including phenoxy) is 1. The molecule has 6 heteroatoms. The minimum Gasteiger partial charge on any atom is -0.438 e. The molecule has 0 aliphatic rings. The van der Waals surface area contributed by atoms with Crippen LogP contribution in [0.1, 0.15) is 12.7 Å². The summed E-state index contributed by atoms with van der Waals surface area (Å²) < 4.78 is 7.50. The van der Waals surface area contributed by atoms with Crippen LogP contribution in [0.5, 0.6) is 11.6 Å². The maximum Gasteiger partial charge on any atom is 0.224 e. The van der Waals surface area contributed by atoms with Crippen LogP contribution < -0.4 is 10.5 Å².